The molecule has 0 amide bonds. The van der Waals surface area contributed by atoms with Crippen molar-refractivity contribution in [3.05, 3.63) is 35.8 Å². The molecule has 1 aromatic carbocycles. The topological polar surface area (TPSA) is 39.6 Å². The molecule has 0 fully saturated rings. The minimum absolute atomic E-state index is 0.273. The predicted molar refractivity (Wildman–Crippen MR) is 46.1 cm³/mol. The molecule has 1 aromatic heterocycles. The number of rotatable bonds is 1. The van der Waals surface area contributed by atoms with Crippen LogP contribution in [-0.4, -0.2) is 11.2 Å². The minimum Gasteiger partial charge on any atom is -0.361 e. The Labute approximate surface area is 68.5 Å². The van der Waals surface area contributed by atoms with Gasteiger partial charge >= 0.3 is 0 Å². The molecule has 0 saturated heterocycles. The summed E-state index contributed by atoms with van der Waals surface area (Å²) in [5.74, 6) is -0.273. The summed E-state index contributed by atoms with van der Waals surface area (Å²) in [6.45, 7) is 0. The number of aromatic amines is 1. The van der Waals surface area contributed by atoms with Crippen LogP contribution in [0.3, 0.4) is 0 Å². The van der Waals surface area contributed by atoms with Crippen molar-refractivity contribution in [3.63, 3.8) is 0 Å². The molecule has 0 atom stereocenters. The molecule has 3 heteroatoms. The van der Waals surface area contributed by atoms with E-state index in [0.29, 0.717) is 5.56 Å². The van der Waals surface area contributed by atoms with E-state index >= 15 is 0 Å². The lowest BCUT2D eigenvalue weighted by Gasteiger charge is -1.90. The molecule has 60 valence electrons. The van der Waals surface area contributed by atoms with Crippen molar-refractivity contribution >= 4 is 17.1 Å². The van der Waals surface area contributed by atoms with E-state index in [4.69, 9.17) is 5.41 Å². The van der Waals surface area contributed by atoms with E-state index in [2.05, 4.69) is 4.98 Å². The molecule has 2 rings (SSSR count). The second-order valence-electron chi connectivity index (χ2n) is 2.58. The third-order valence-electron chi connectivity index (χ3n) is 1.83. The molecular formula is C9H7FN2. The van der Waals surface area contributed by atoms with Crippen molar-refractivity contribution in [2.75, 3.05) is 0 Å². The zero-order chi connectivity index (χ0) is 8.55. The van der Waals surface area contributed by atoms with Crippen molar-refractivity contribution in [1.82, 2.24) is 4.98 Å². The van der Waals surface area contributed by atoms with Crippen molar-refractivity contribution in [1.29, 1.82) is 5.41 Å². The third-order valence-corrected chi connectivity index (χ3v) is 1.83. The van der Waals surface area contributed by atoms with Crippen LogP contribution in [0.5, 0.6) is 0 Å². The first-order valence-electron chi connectivity index (χ1n) is 3.58. The van der Waals surface area contributed by atoms with Crippen LogP contribution in [0.25, 0.3) is 10.9 Å². The van der Waals surface area contributed by atoms with Gasteiger partial charge in [0.1, 0.15) is 5.82 Å². The van der Waals surface area contributed by atoms with E-state index in [-0.39, 0.29) is 5.82 Å². The Kier molecular flexibility index (Phi) is 1.43. The summed E-state index contributed by atoms with van der Waals surface area (Å²) in [5, 5.41) is 7.80. The van der Waals surface area contributed by atoms with Crippen LogP contribution in [0.15, 0.2) is 24.4 Å². The van der Waals surface area contributed by atoms with Gasteiger partial charge in [-0.2, -0.15) is 0 Å². The Hall–Kier alpha value is -1.64. The van der Waals surface area contributed by atoms with Crippen LogP contribution in [0.4, 0.5) is 4.39 Å². The lowest BCUT2D eigenvalue weighted by atomic mass is 10.2. The summed E-state index contributed by atoms with van der Waals surface area (Å²) in [6, 6.07) is 4.48. The molecule has 0 saturated carbocycles. The van der Waals surface area contributed by atoms with Gasteiger partial charge in [-0.1, -0.05) is 0 Å². The summed E-state index contributed by atoms with van der Waals surface area (Å²) in [4.78, 5) is 2.95. The van der Waals surface area contributed by atoms with Gasteiger partial charge in [0.2, 0.25) is 0 Å². The van der Waals surface area contributed by atoms with Gasteiger partial charge in [0, 0.05) is 28.9 Å². The average molecular weight is 162 g/mol. The number of H-pyrrole nitrogens is 1. The highest BCUT2D eigenvalue weighted by atomic mass is 19.1. The summed E-state index contributed by atoms with van der Waals surface area (Å²) in [6.07, 6.45) is 2.90. The smallest absolute Gasteiger partial charge is 0.123 e. The van der Waals surface area contributed by atoms with E-state index in [0.717, 1.165) is 10.9 Å². The van der Waals surface area contributed by atoms with Crippen LogP contribution in [-0.2, 0) is 0 Å². The van der Waals surface area contributed by atoms with Crippen LogP contribution in [0.1, 0.15) is 5.56 Å². The van der Waals surface area contributed by atoms with Gasteiger partial charge in [0.15, 0.2) is 0 Å². The van der Waals surface area contributed by atoms with E-state index in [1.807, 2.05) is 0 Å². The highest BCUT2D eigenvalue weighted by molar-refractivity contribution is 5.97. The Morgan fingerprint density at radius 2 is 2.25 bits per heavy atom. The van der Waals surface area contributed by atoms with Gasteiger partial charge in [-0.15, -0.1) is 0 Å². The number of benzene rings is 1. The maximum atomic E-state index is 12.7. The SMILES string of the molecule is N=Cc1c[nH]c2ccc(F)cc12. The van der Waals surface area contributed by atoms with Gasteiger partial charge in [0.05, 0.1) is 0 Å². The first kappa shape index (κ1) is 7.03. The van der Waals surface area contributed by atoms with Crippen molar-refractivity contribution in [2.24, 2.45) is 0 Å². The normalized spacial score (nSPS) is 10.4. The van der Waals surface area contributed by atoms with Gasteiger partial charge in [0.25, 0.3) is 0 Å². The largest absolute Gasteiger partial charge is 0.361 e. The number of aromatic nitrogens is 1. The average Bonchev–Trinajstić information content (AvgIpc) is 2.46. The molecule has 2 N–H and O–H groups in total. The van der Waals surface area contributed by atoms with Crippen LogP contribution in [0.2, 0.25) is 0 Å². The fraction of sp³-hybridized carbons (Fsp3) is 0. The standard InChI is InChI=1S/C9H7FN2/c10-7-1-2-9-8(3-7)6(4-11)5-12-9/h1-5,11-12H. The zero-order valence-electron chi connectivity index (χ0n) is 6.26. The lowest BCUT2D eigenvalue weighted by molar-refractivity contribution is 0.629. The van der Waals surface area contributed by atoms with Crippen molar-refractivity contribution in [2.45, 2.75) is 0 Å². The molecule has 0 aliphatic heterocycles. The van der Waals surface area contributed by atoms with E-state index in [1.54, 1.807) is 12.3 Å². The number of hydrogen-bond donors (Lipinski definition) is 2. The molecule has 0 aliphatic carbocycles. The first-order chi connectivity index (χ1) is 5.81. The highest BCUT2D eigenvalue weighted by Crippen LogP contribution is 2.17. The highest BCUT2D eigenvalue weighted by Gasteiger charge is 2.01. The second-order valence-corrected chi connectivity index (χ2v) is 2.58. The Morgan fingerprint density at radius 1 is 1.42 bits per heavy atom. The van der Waals surface area contributed by atoms with Crippen LogP contribution >= 0.6 is 0 Å². The maximum absolute atomic E-state index is 12.7. The zero-order valence-corrected chi connectivity index (χ0v) is 6.26. The summed E-state index contributed by atoms with van der Waals surface area (Å²) < 4.78 is 12.7. The van der Waals surface area contributed by atoms with Gasteiger partial charge in [-0.25, -0.2) is 4.39 Å². The summed E-state index contributed by atoms with van der Waals surface area (Å²) >= 11 is 0. The maximum Gasteiger partial charge on any atom is 0.123 e. The molecule has 2 nitrogen and oxygen atoms in total. The number of fused-ring (bicyclic) bond motifs is 1. The van der Waals surface area contributed by atoms with Gasteiger partial charge < -0.3 is 10.4 Å². The molecule has 0 radical (unpaired) electrons. The Morgan fingerprint density at radius 3 is 3.00 bits per heavy atom. The van der Waals surface area contributed by atoms with E-state index < -0.39 is 0 Å². The van der Waals surface area contributed by atoms with Gasteiger partial charge in [-0.3, -0.25) is 0 Å². The summed E-state index contributed by atoms with van der Waals surface area (Å²) in [5.41, 5.74) is 1.57. The number of halogens is 1. The van der Waals surface area contributed by atoms with Crippen molar-refractivity contribution in [3.8, 4) is 0 Å². The first-order valence-corrected chi connectivity index (χ1v) is 3.58. The molecule has 2 aromatic rings. The van der Waals surface area contributed by atoms with Gasteiger partial charge in [-0.05, 0) is 18.2 Å². The molecule has 0 unspecified atom stereocenters. The molecule has 12 heavy (non-hydrogen) atoms. The molecule has 0 spiro atoms. The Balaban J connectivity index is 2.83. The van der Waals surface area contributed by atoms with Crippen LogP contribution < -0.4 is 0 Å². The predicted octanol–water partition coefficient (Wildman–Crippen LogP) is 2.30. The van der Waals surface area contributed by atoms with E-state index in [9.17, 15) is 4.39 Å². The molecule has 0 aliphatic rings. The monoisotopic (exact) mass is 162 g/mol. The fourth-order valence-corrected chi connectivity index (χ4v) is 1.23. The van der Waals surface area contributed by atoms with E-state index in [1.165, 1.54) is 18.3 Å². The third kappa shape index (κ3) is 0.906. The Bertz CT molecular complexity index is 431. The fourth-order valence-electron chi connectivity index (χ4n) is 1.23. The lowest BCUT2D eigenvalue weighted by Crippen LogP contribution is -1.76. The minimum atomic E-state index is -0.273. The number of hydrogen-bond acceptors (Lipinski definition) is 1. The number of nitrogens with one attached hydrogen (secondary N) is 2. The molecule has 0 bridgehead atoms. The quantitative estimate of drug-likeness (QED) is 0.604. The van der Waals surface area contributed by atoms with Crippen LogP contribution in [0, 0.1) is 11.2 Å². The molecule has 1 heterocycles. The van der Waals surface area contributed by atoms with Crippen molar-refractivity contribution < 1.29 is 4.39 Å². The second kappa shape index (κ2) is 2.44. The summed E-state index contributed by atoms with van der Waals surface area (Å²) in [7, 11) is 0. The molecular weight excluding hydrogens is 155 g/mol.